The average Bonchev–Trinajstić information content (AvgIpc) is 2.60. The number of nitro benzene ring substituents is 1. The van der Waals surface area contributed by atoms with Gasteiger partial charge in [-0.15, -0.1) is 0 Å². The summed E-state index contributed by atoms with van der Waals surface area (Å²) in [6.07, 6.45) is 0. The fourth-order valence-electron chi connectivity index (χ4n) is 2.16. The number of rotatable bonds is 6. The summed E-state index contributed by atoms with van der Waals surface area (Å²) in [5, 5.41) is 22.7. The van der Waals surface area contributed by atoms with Gasteiger partial charge in [-0.1, -0.05) is 0 Å². The minimum atomic E-state index is -0.982. The molecule has 0 saturated heterocycles. The number of benzene rings is 1. The number of hydrogen-bond acceptors (Lipinski definition) is 8. The van der Waals surface area contributed by atoms with Crippen molar-refractivity contribution in [3.05, 3.63) is 55.9 Å². The molecule has 3 N–H and O–H groups in total. The Hall–Kier alpha value is -3.89. The van der Waals surface area contributed by atoms with Gasteiger partial charge in [0.05, 0.1) is 17.6 Å². The Morgan fingerprint density at radius 2 is 2.00 bits per heavy atom. The van der Waals surface area contributed by atoms with Gasteiger partial charge in [-0.3, -0.25) is 24.7 Å². The number of esters is 1. The Balaban J connectivity index is 2.06. The molecule has 0 radical (unpaired) electrons. The van der Waals surface area contributed by atoms with Crippen molar-refractivity contribution < 1.29 is 29.1 Å². The maximum absolute atomic E-state index is 12.0. The van der Waals surface area contributed by atoms with Gasteiger partial charge in [0.2, 0.25) is 0 Å². The Morgan fingerprint density at radius 3 is 2.59 bits per heavy atom. The highest BCUT2D eigenvalue weighted by atomic mass is 16.6. The van der Waals surface area contributed by atoms with Crippen LogP contribution in [0.4, 0.5) is 11.4 Å². The second-order valence-electron chi connectivity index (χ2n) is 5.34. The van der Waals surface area contributed by atoms with Gasteiger partial charge in [0, 0.05) is 30.0 Å². The number of carbonyl (C=O) groups excluding carboxylic acids is 2. The number of hydrogen-bond donors (Lipinski definition) is 3. The van der Waals surface area contributed by atoms with Crippen LogP contribution >= 0.6 is 0 Å². The fourth-order valence-corrected chi connectivity index (χ4v) is 2.16. The van der Waals surface area contributed by atoms with Crippen molar-refractivity contribution >= 4 is 23.3 Å². The van der Waals surface area contributed by atoms with Crippen molar-refractivity contribution in [2.75, 3.05) is 19.0 Å². The number of nitro groups is 1. The van der Waals surface area contributed by atoms with Gasteiger partial charge in [-0.2, -0.15) is 0 Å². The van der Waals surface area contributed by atoms with Crippen molar-refractivity contribution in [3.63, 3.8) is 0 Å². The molecule has 11 nitrogen and oxygen atoms in total. The van der Waals surface area contributed by atoms with Crippen LogP contribution in [0.25, 0.3) is 0 Å². The normalized spacial score (nSPS) is 10.1. The largest absolute Gasteiger partial charge is 0.494 e. The molecule has 142 valence electrons. The highest BCUT2D eigenvalue weighted by molar-refractivity contribution is 5.96. The zero-order valence-corrected chi connectivity index (χ0v) is 14.3. The van der Waals surface area contributed by atoms with Crippen molar-refractivity contribution in [2.45, 2.75) is 6.92 Å². The van der Waals surface area contributed by atoms with Gasteiger partial charge in [-0.05, 0) is 12.5 Å². The first-order chi connectivity index (χ1) is 12.7. The third kappa shape index (κ3) is 4.81. The number of aromatic nitrogens is 1. The maximum Gasteiger partial charge on any atom is 0.339 e. The van der Waals surface area contributed by atoms with E-state index in [-0.39, 0.29) is 22.7 Å². The molecule has 1 aromatic carbocycles. The highest BCUT2D eigenvalue weighted by Crippen LogP contribution is 2.32. The van der Waals surface area contributed by atoms with Crippen molar-refractivity contribution in [2.24, 2.45) is 0 Å². The number of ether oxygens (including phenoxy) is 2. The number of nitrogens with one attached hydrogen (secondary N) is 2. The summed E-state index contributed by atoms with van der Waals surface area (Å²) in [5.41, 5.74) is -0.542. The van der Waals surface area contributed by atoms with E-state index in [1.165, 1.54) is 19.2 Å². The number of aromatic hydroxyl groups is 1. The number of pyridine rings is 1. The predicted molar refractivity (Wildman–Crippen MR) is 92.0 cm³/mol. The lowest BCUT2D eigenvalue weighted by Gasteiger charge is -2.11. The van der Waals surface area contributed by atoms with Crippen molar-refractivity contribution in [3.8, 4) is 11.6 Å². The Labute approximate surface area is 151 Å². The van der Waals surface area contributed by atoms with Gasteiger partial charge in [-0.25, -0.2) is 4.79 Å². The number of anilines is 1. The number of methoxy groups -OCH3 is 1. The first-order valence-electron chi connectivity index (χ1n) is 7.44. The van der Waals surface area contributed by atoms with Crippen LogP contribution in [0.5, 0.6) is 11.6 Å². The van der Waals surface area contributed by atoms with Crippen LogP contribution < -0.4 is 15.6 Å². The Bertz CT molecular complexity index is 967. The molecule has 11 heteroatoms. The van der Waals surface area contributed by atoms with Crippen LogP contribution in [0.15, 0.2) is 29.1 Å². The monoisotopic (exact) mass is 377 g/mol. The molecule has 0 aliphatic rings. The fraction of sp³-hybridized carbons (Fsp3) is 0.188. The molecule has 0 aliphatic heterocycles. The number of aryl methyl sites for hydroxylation is 1. The Morgan fingerprint density at radius 1 is 1.30 bits per heavy atom. The molecule has 1 aromatic heterocycles. The summed E-state index contributed by atoms with van der Waals surface area (Å²) < 4.78 is 9.70. The number of nitrogens with zero attached hydrogens (tertiary/aromatic N) is 1. The van der Waals surface area contributed by atoms with Crippen LogP contribution in [0.3, 0.4) is 0 Å². The molecular weight excluding hydrogens is 362 g/mol. The summed E-state index contributed by atoms with van der Waals surface area (Å²) >= 11 is 0. The molecule has 1 amide bonds. The lowest BCUT2D eigenvalue weighted by molar-refractivity contribution is -0.385. The molecule has 0 fully saturated rings. The van der Waals surface area contributed by atoms with Crippen LogP contribution in [-0.4, -0.2) is 40.6 Å². The van der Waals surface area contributed by atoms with E-state index in [4.69, 9.17) is 9.47 Å². The first-order valence-corrected chi connectivity index (χ1v) is 7.44. The molecule has 0 unspecified atom stereocenters. The lowest BCUT2D eigenvalue weighted by Crippen LogP contribution is -2.22. The van der Waals surface area contributed by atoms with Crippen LogP contribution in [0.1, 0.15) is 15.9 Å². The predicted octanol–water partition coefficient (Wildman–Crippen LogP) is 1.10. The quantitative estimate of drug-likeness (QED) is 0.383. The minimum absolute atomic E-state index is 0.0446. The summed E-state index contributed by atoms with van der Waals surface area (Å²) in [7, 11) is 1.25. The van der Waals surface area contributed by atoms with E-state index in [9.17, 15) is 29.6 Å². The SMILES string of the molecule is COc1cc(NC(=O)COC(=O)c2cc(O)[nH]c(=O)c2)c(C)cc1[N+](=O)[O-]. The molecule has 0 atom stereocenters. The molecule has 0 aliphatic carbocycles. The minimum Gasteiger partial charge on any atom is -0.494 e. The topological polar surface area (TPSA) is 161 Å². The van der Waals surface area contributed by atoms with E-state index in [0.29, 0.717) is 5.56 Å². The van der Waals surface area contributed by atoms with E-state index in [1.807, 2.05) is 4.98 Å². The maximum atomic E-state index is 12.0. The van der Waals surface area contributed by atoms with Gasteiger partial charge in [0.1, 0.15) is 0 Å². The Kier molecular flexibility index (Phi) is 5.75. The molecule has 2 rings (SSSR count). The molecule has 27 heavy (non-hydrogen) atoms. The molecule has 2 aromatic rings. The highest BCUT2D eigenvalue weighted by Gasteiger charge is 2.19. The van der Waals surface area contributed by atoms with Crippen molar-refractivity contribution in [1.29, 1.82) is 0 Å². The lowest BCUT2D eigenvalue weighted by atomic mass is 10.1. The van der Waals surface area contributed by atoms with Gasteiger partial charge >= 0.3 is 11.7 Å². The van der Waals surface area contributed by atoms with Crippen LogP contribution in [0.2, 0.25) is 0 Å². The third-order valence-corrected chi connectivity index (χ3v) is 3.40. The van der Waals surface area contributed by atoms with Gasteiger partial charge in [0.25, 0.3) is 11.5 Å². The summed E-state index contributed by atoms with van der Waals surface area (Å²) in [6.45, 7) is 0.873. The second kappa shape index (κ2) is 7.99. The zero-order valence-electron chi connectivity index (χ0n) is 14.3. The number of aromatic amines is 1. The average molecular weight is 377 g/mol. The van der Waals surface area contributed by atoms with E-state index in [1.54, 1.807) is 6.92 Å². The standard InChI is InChI=1S/C16H15N3O8/c1-8-3-11(19(24)25)12(26-2)6-10(8)17-15(22)7-27-16(23)9-4-13(20)18-14(21)5-9/h3-6H,7H2,1-2H3,(H,17,22)(H2,18,20,21). The van der Waals surface area contributed by atoms with E-state index < -0.39 is 34.8 Å². The summed E-state index contributed by atoms with van der Waals surface area (Å²) in [4.78, 5) is 47.4. The van der Waals surface area contributed by atoms with E-state index in [0.717, 1.165) is 12.1 Å². The smallest absolute Gasteiger partial charge is 0.339 e. The van der Waals surface area contributed by atoms with E-state index >= 15 is 0 Å². The van der Waals surface area contributed by atoms with Crippen molar-refractivity contribution in [1.82, 2.24) is 4.98 Å². The van der Waals surface area contributed by atoms with E-state index in [2.05, 4.69) is 5.32 Å². The first kappa shape index (κ1) is 19.4. The van der Waals surface area contributed by atoms with Crippen LogP contribution in [-0.2, 0) is 9.53 Å². The van der Waals surface area contributed by atoms with Crippen LogP contribution in [0, 0.1) is 17.0 Å². The molecule has 0 spiro atoms. The molecule has 0 bridgehead atoms. The molecule has 0 saturated carbocycles. The van der Waals surface area contributed by atoms with Gasteiger partial charge < -0.3 is 19.9 Å². The second-order valence-corrected chi connectivity index (χ2v) is 5.34. The molecule has 1 heterocycles. The number of amides is 1. The number of carbonyl (C=O) groups is 2. The third-order valence-electron chi connectivity index (χ3n) is 3.40. The summed E-state index contributed by atoms with van der Waals surface area (Å²) in [5.74, 6) is -2.26. The number of H-pyrrole nitrogens is 1. The van der Waals surface area contributed by atoms with Gasteiger partial charge in [0.15, 0.2) is 18.2 Å². The zero-order chi connectivity index (χ0) is 20.1. The molecular formula is C16H15N3O8. The summed E-state index contributed by atoms with van der Waals surface area (Å²) in [6, 6.07) is 4.40.